The van der Waals surface area contributed by atoms with E-state index < -0.39 is 17.8 Å². The minimum absolute atomic E-state index is 0.144. The third-order valence-corrected chi connectivity index (χ3v) is 4.57. The molecular weight excluding hydrogens is 282 g/mol. The Morgan fingerprint density at radius 2 is 1.91 bits per heavy atom. The number of hydrogen-bond acceptors (Lipinski definition) is 4. The van der Waals surface area contributed by atoms with Crippen molar-refractivity contribution in [2.24, 2.45) is 23.7 Å². The van der Waals surface area contributed by atoms with Gasteiger partial charge in [-0.1, -0.05) is 23.3 Å². The summed E-state index contributed by atoms with van der Waals surface area (Å²) in [6, 6.07) is 3.51. The van der Waals surface area contributed by atoms with E-state index in [1.807, 2.05) is 26.0 Å². The first-order chi connectivity index (χ1) is 10.5. The van der Waals surface area contributed by atoms with Gasteiger partial charge in [-0.05, 0) is 26.0 Å². The lowest BCUT2D eigenvalue weighted by molar-refractivity contribution is -0.313. The number of hydrogen-bond donors (Lipinski definition) is 1. The van der Waals surface area contributed by atoms with Gasteiger partial charge in [-0.3, -0.25) is 4.79 Å². The Bertz CT molecular complexity index is 652. The molecule has 1 heterocycles. The number of fused-ring (bicyclic) bond motifs is 2. The number of nitrogens with one attached hydrogen (secondary N) is 1. The number of amides is 1. The van der Waals surface area contributed by atoms with Gasteiger partial charge in [0.15, 0.2) is 0 Å². The molecule has 4 unspecified atom stereocenters. The van der Waals surface area contributed by atoms with Crippen molar-refractivity contribution in [1.82, 2.24) is 5.32 Å². The second kappa shape index (κ2) is 5.48. The highest BCUT2D eigenvalue weighted by Crippen LogP contribution is 2.52. The molecule has 116 valence electrons. The quantitative estimate of drug-likeness (QED) is 0.842. The Kier molecular flexibility index (Phi) is 3.64. The number of carboxylic acid groups (broad SMARTS) is 1. The topological polar surface area (TPSA) is 82.4 Å². The van der Waals surface area contributed by atoms with Crippen LogP contribution in [0.1, 0.15) is 19.6 Å². The number of carbonyl (C=O) groups excluding carboxylic acids is 2. The van der Waals surface area contributed by atoms with Crippen molar-refractivity contribution in [1.29, 1.82) is 0 Å². The molecule has 0 aromatic carbocycles. The van der Waals surface area contributed by atoms with Gasteiger partial charge in [0.1, 0.15) is 5.76 Å². The molecule has 2 aliphatic carbocycles. The zero-order valence-corrected chi connectivity index (χ0v) is 12.5. The van der Waals surface area contributed by atoms with Crippen LogP contribution in [0.2, 0.25) is 0 Å². The van der Waals surface area contributed by atoms with Crippen LogP contribution in [0.4, 0.5) is 0 Å². The largest absolute Gasteiger partial charge is 0.550 e. The van der Waals surface area contributed by atoms with Crippen molar-refractivity contribution in [3.8, 4) is 0 Å². The molecule has 0 spiro atoms. The Balaban J connectivity index is 1.82. The Labute approximate surface area is 128 Å². The van der Waals surface area contributed by atoms with E-state index in [2.05, 4.69) is 5.32 Å². The molecule has 5 nitrogen and oxygen atoms in total. The fraction of sp³-hybridized carbons (Fsp3) is 0.412. The van der Waals surface area contributed by atoms with Crippen molar-refractivity contribution in [3.05, 3.63) is 47.5 Å². The Morgan fingerprint density at radius 3 is 2.45 bits per heavy atom. The van der Waals surface area contributed by atoms with Crippen LogP contribution in [0.25, 0.3) is 0 Å². The number of aliphatic carboxylic acids is 1. The number of furan rings is 1. The molecule has 4 atom stereocenters. The fourth-order valence-electron chi connectivity index (χ4n) is 3.73. The summed E-state index contributed by atoms with van der Waals surface area (Å²) < 4.78 is 5.18. The summed E-state index contributed by atoms with van der Waals surface area (Å²) in [5.74, 6) is -2.56. The molecule has 0 saturated heterocycles. The molecule has 2 bridgehead atoms. The lowest BCUT2D eigenvalue weighted by Crippen LogP contribution is -2.44. The predicted octanol–water partition coefficient (Wildman–Crippen LogP) is 1.03. The summed E-state index contributed by atoms with van der Waals surface area (Å²) in [6.45, 7) is 4.17. The molecule has 3 rings (SSSR count). The lowest BCUT2D eigenvalue weighted by Gasteiger charge is -2.27. The van der Waals surface area contributed by atoms with Gasteiger partial charge in [0.2, 0.25) is 5.91 Å². The van der Waals surface area contributed by atoms with Crippen LogP contribution in [0, 0.1) is 23.7 Å². The lowest BCUT2D eigenvalue weighted by atomic mass is 9.82. The maximum absolute atomic E-state index is 12.5. The summed E-state index contributed by atoms with van der Waals surface area (Å²) in [5.41, 5.74) is 2.12. The van der Waals surface area contributed by atoms with Crippen LogP contribution in [-0.2, 0) is 16.1 Å². The van der Waals surface area contributed by atoms with E-state index in [1.54, 1.807) is 12.1 Å². The van der Waals surface area contributed by atoms with Crippen molar-refractivity contribution >= 4 is 11.9 Å². The Morgan fingerprint density at radius 1 is 1.23 bits per heavy atom. The molecule has 22 heavy (non-hydrogen) atoms. The van der Waals surface area contributed by atoms with E-state index in [4.69, 9.17) is 4.42 Å². The molecule has 5 heteroatoms. The van der Waals surface area contributed by atoms with E-state index in [1.165, 1.54) is 6.26 Å². The molecular formula is C17H18NO4-. The minimum Gasteiger partial charge on any atom is -0.550 e. The van der Waals surface area contributed by atoms with Crippen molar-refractivity contribution < 1.29 is 19.1 Å². The molecule has 0 aliphatic heterocycles. The monoisotopic (exact) mass is 300 g/mol. The molecule has 0 radical (unpaired) electrons. The van der Waals surface area contributed by atoms with Gasteiger partial charge in [-0.2, -0.15) is 0 Å². The predicted molar refractivity (Wildman–Crippen MR) is 77.0 cm³/mol. The fourth-order valence-corrected chi connectivity index (χ4v) is 3.73. The Hall–Kier alpha value is -2.30. The first-order valence-corrected chi connectivity index (χ1v) is 7.37. The van der Waals surface area contributed by atoms with Gasteiger partial charge in [-0.15, -0.1) is 0 Å². The van der Waals surface area contributed by atoms with Crippen molar-refractivity contribution in [2.45, 2.75) is 20.4 Å². The maximum atomic E-state index is 12.5. The average molecular weight is 300 g/mol. The first kappa shape index (κ1) is 14.6. The second-order valence-corrected chi connectivity index (χ2v) is 6.06. The van der Waals surface area contributed by atoms with E-state index in [-0.39, 0.29) is 24.3 Å². The van der Waals surface area contributed by atoms with E-state index in [9.17, 15) is 14.7 Å². The number of carbonyl (C=O) groups is 2. The van der Waals surface area contributed by atoms with Crippen LogP contribution in [-0.4, -0.2) is 11.9 Å². The van der Waals surface area contributed by atoms with Gasteiger partial charge in [-0.25, -0.2) is 0 Å². The summed E-state index contributed by atoms with van der Waals surface area (Å²) in [4.78, 5) is 24.1. The zero-order chi connectivity index (χ0) is 15.9. The molecule has 2 aliphatic rings. The molecule has 1 fully saturated rings. The van der Waals surface area contributed by atoms with E-state index in [0.717, 1.165) is 11.1 Å². The molecule has 1 amide bonds. The van der Waals surface area contributed by atoms with Gasteiger partial charge >= 0.3 is 0 Å². The van der Waals surface area contributed by atoms with Gasteiger partial charge in [0, 0.05) is 23.7 Å². The van der Waals surface area contributed by atoms with Crippen LogP contribution in [0.3, 0.4) is 0 Å². The normalized spacial score (nSPS) is 28.9. The van der Waals surface area contributed by atoms with Crippen LogP contribution in [0.15, 0.2) is 46.1 Å². The number of rotatable bonds is 4. The highest BCUT2D eigenvalue weighted by Gasteiger charge is 2.52. The van der Waals surface area contributed by atoms with Crippen LogP contribution in [0.5, 0.6) is 0 Å². The maximum Gasteiger partial charge on any atom is 0.225 e. The van der Waals surface area contributed by atoms with Crippen LogP contribution >= 0.6 is 0 Å². The molecule has 1 aromatic heterocycles. The number of carboxylic acids is 1. The first-order valence-electron chi connectivity index (χ1n) is 7.37. The van der Waals surface area contributed by atoms with Crippen LogP contribution < -0.4 is 10.4 Å². The SMILES string of the molecule is CC(C)=C1C2C=CC1C(C(=O)NCc1ccco1)C2C(=O)[O-]. The van der Waals surface area contributed by atoms with Gasteiger partial charge in [0.05, 0.1) is 18.7 Å². The second-order valence-electron chi connectivity index (χ2n) is 6.06. The summed E-state index contributed by atoms with van der Waals surface area (Å²) in [5, 5.41) is 14.3. The third-order valence-electron chi connectivity index (χ3n) is 4.57. The molecule has 1 saturated carbocycles. The highest BCUT2D eigenvalue weighted by molar-refractivity contribution is 5.87. The van der Waals surface area contributed by atoms with Crippen molar-refractivity contribution in [3.63, 3.8) is 0 Å². The number of allylic oxidation sites excluding steroid dienone is 4. The highest BCUT2D eigenvalue weighted by atomic mass is 16.4. The average Bonchev–Trinajstić information content (AvgIpc) is 3.17. The van der Waals surface area contributed by atoms with Gasteiger partial charge in [0.25, 0.3) is 0 Å². The molecule has 1 aromatic rings. The summed E-state index contributed by atoms with van der Waals surface area (Å²) in [6.07, 6.45) is 5.38. The van der Waals surface area contributed by atoms with Gasteiger partial charge < -0.3 is 19.6 Å². The third kappa shape index (κ3) is 2.26. The molecule has 1 N–H and O–H groups in total. The van der Waals surface area contributed by atoms with E-state index in [0.29, 0.717) is 5.76 Å². The standard InChI is InChI=1S/C17H19NO4/c1-9(2)13-11-5-6-12(13)15(17(20)21)14(11)16(19)18-8-10-4-3-7-22-10/h3-7,11-12,14-15H,8H2,1-2H3,(H,18,19)(H,20,21)/p-1. The summed E-state index contributed by atoms with van der Waals surface area (Å²) in [7, 11) is 0. The zero-order valence-electron chi connectivity index (χ0n) is 12.5. The van der Waals surface area contributed by atoms with E-state index >= 15 is 0 Å². The van der Waals surface area contributed by atoms with Crippen molar-refractivity contribution in [2.75, 3.05) is 0 Å². The smallest absolute Gasteiger partial charge is 0.225 e. The summed E-state index contributed by atoms with van der Waals surface area (Å²) >= 11 is 0. The minimum atomic E-state index is -1.16.